The number of amides is 1. The molecule has 0 atom stereocenters. The number of hydrogen-bond donors (Lipinski definition) is 1. The first-order chi connectivity index (χ1) is 15.2. The minimum atomic E-state index is -0.256. The second-order valence-corrected chi connectivity index (χ2v) is 7.12. The number of ether oxygens (including phenoxy) is 1. The Bertz CT molecular complexity index is 1160. The molecule has 0 bridgehead atoms. The van der Waals surface area contributed by atoms with Crippen molar-refractivity contribution in [3.63, 3.8) is 0 Å². The average Bonchev–Trinajstić information content (AvgIpc) is 3.34. The summed E-state index contributed by atoms with van der Waals surface area (Å²) in [4.78, 5) is 12.3. The number of benzene rings is 3. The van der Waals surface area contributed by atoms with Gasteiger partial charge in [-0.2, -0.15) is 5.10 Å². The maximum atomic E-state index is 12.3. The molecule has 4 rings (SSSR count). The lowest BCUT2D eigenvalue weighted by Crippen LogP contribution is -2.17. The molecule has 5 nitrogen and oxygen atoms in total. The van der Waals surface area contributed by atoms with Crippen LogP contribution in [-0.4, -0.2) is 16.7 Å². The number of carbonyl (C=O) groups is 1. The summed E-state index contributed by atoms with van der Waals surface area (Å²) in [7, 11) is 0. The van der Waals surface area contributed by atoms with Crippen LogP contribution in [0.3, 0.4) is 0 Å². The van der Waals surface area contributed by atoms with Crippen molar-refractivity contribution in [3.05, 3.63) is 120 Å². The first-order valence-electron chi connectivity index (χ1n) is 10.0. The molecule has 4 aromatic rings. The van der Waals surface area contributed by atoms with E-state index < -0.39 is 0 Å². The monoisotopic (exact) mass is 409 g/mol. The number of aryl methyl sites for hydroxylation is 1. The van der Waals surface area contributed by atoms with Gasteiger partial charge in [0.25, 0.3) is 5.91 Å². The molecule has 0 radical (unpaired) electrons. The van der Waals surface area contributed by atoms with Crippen LogP contribution in [0.5, 0.6) is 5.75 Å². The van der Waals surface area contributed by atoms with Gasteiger partial charge in [-0.15, -0.1) is 0 Å². The Morgan fingerprint density at radius 3 is 2.35 bits per heavy atom. The summed E-state index contributed by atoms with van der Waals surface area (Å²) in [6.45, 7) is 2.60. The molecule has 0 unspecified atom stereocenters. The summed E-state index contributed by atoms with van der Waals surface area (Å²) >= 11 is 0. The molecular formula is C26H23N3O2. The quantitative estimate of drug-likeness (QED) is 0.340. The molecule has 0 saturated carbocycles. The fourth-order valence-corrected chi connectivity index (χ4v) is 3.10. The highest BCUT2D eigenvalue weighted by molar-refractivity contribution is 5.95. The summed E-state index contributed by atoms with van der Waals surface area (Å²) in [5.41, 5.74) is 7.35. The Morgan fingerprint density at radius 2 is 1.65 bits per heavy atom. The van der Waals surface area contributed by atoms with E-state index in [1.54, 1.807) is 18.3 Å². The molecule has 0 spiro atoms. The number of hydrogen-bond acceptors (Lipinski definition) is 3. The Morgan fingerprint density at radius 1 is 0.935 bits per heavy atom. The maximum absolute atomic E-state index is 12.3. The molecule has 31 heavy (non-hydrogen) atoms. The standard InChI is InChI=1S/C26H23N3O2/c1-20-6-2-3-7-23(20)19-31-25-14-8-21(9-15-25)18-27-28-26(30)22-10-12-24(13-11-22)29-16-4-5-17-29/h2-18H,19H2,1H3,(H,28,30). The van der Waals surface area contributed by atoms with Crippen LogP contribution in [-0.2, 0) is 6.61 Å². The molecule has 154 valence electrons. The highest BCUT2D eigenvalue weighted by Gasteiger charge is 2.04. The van der Waals surface area contributed by atoms with Gasteiger partial charge in [-0.3, -0.25) is 4.79 Å². The lowest BCUT2D eigenvalue weighted by Gasteiger charge is -2.08. The smallest absolute Gasteiger partial charge is 0.271 e. The molecule has 1 aromatic heterocycles. The van der Waals surface area contributed by atoms with Gasteiger partial charge in [0.2, 0.25) is 0 Å². The summed E-state index contributed by atoms with van der Waals surface area (Å²) in [5, 5.41) is 4.05. The van der Waals surface area contributed by atoms with Gasteiger partial charge in [-0.1, -0.05) is 24.3 Å². The van der Waals surface area contributed by atoms with E-state index in [4.69, 9.17) is 4.74 Å². The Kier molecular flexibility index (Phi) is 6.24. The number of carbonyl (C=O) groups excluding carboxylic acids is 1. The zero-order chi connectivity index (χ0) is 21.5. The van der Waals surface area contributed by atoms with Crippen LogP contribution in [0.15, 0.2) is 102 Å². The van der Waals surface area contributed by atoms with Gasteiger partial charge in [0.15, 0.2) is 0 Å². The van der Waals surface area contributed by atoms with Crippen molar-refractivity contribution in [1.29, 1.82) is 0 Å². The van der Waals surface area contributed by atoms with E-state index in [1.165, 1.54) is 5.56 Å². The molecule has 0 aliphatic carbocycles. The lowest BCUT2D eigenvalue weighted by atomic mass is 10.1. The van der Waals surface area contributed by atoms with E-state index in [0.717, 1.165) is 22.6 Å². The topological polar surface area (TPSA) is 55.6 Å². The average molecular weight is 409 g/mol. The van der Waals surface area contributed by atoms with Gasteiger partial charge in [-0.05, 0) is 84.3 Å². The van der Waals surface area contributed by atoms with E-state index in [9.17, 15) is 4.79 Å². The predicted molar refractivity (Wildman–Crippen MR) is 123 cm³/mol. The molecule has 0 aliphatic rings. The number of rotatable bonds is 7. The molecule has 0 aliphatic heterocycles. The number of nitrogens with zero attached hydrogens (tertiary/aromatic N) is 2. The lowest BCUT2D eigenvalue weighted by molar-refractivity contribution is 0.0955. The summed E-state index contributed by atoms with van der Waals surface area (Å²) < 4.78 is 7.83. The minimum absolute atomic E-state index is 0.256. The van der Waals surface area contributed by atoms with E-state index in [0.29, 0.717) is 12.2 Å². The van der Waals surface area contributed by atoms with Crippen molar-refractivity contribution in [2.45, 2.75) is 13.5 Å². The number of nitrogens with one attached hydrogen (secondary N) is 1. The van der Waals surface area contributed by atoms with Gasteiger partial charge in [-0.25, -0.2) is 5.43 Å². The van der Waals surface area contributed by atoms with Gasteiger partial charge in [0.05, 0.1) is 6.21 Å². The van der Waals surface area contributed by atoms with Crippen LogP contribution >= 0.6 is 0 Å². The third-order valence-corrected chi connectivity index (χ3v) is 4.95. The summed E-state index contributed by atoms with van der Waals surface area (Å²) in [6.07, 6.45) is 5.52. The third-order valence-electron chi connectivity index (χ3n) is 4.95. The molecule has 1 amide bonds. The van der Waals surface area contributed by atoms with Gasteiger partial charge < -0.3 is 9.30 Å². The predicted octanol–water partition coefficient (Wildman–Crippen LogP) is 5.13. The van der Waals surface area contributed by atoms with Gasteiger partial charge in [0.1, 0.15) is 12.4 Å². The fraction of sp³-hybridized carbons (Fsp3) is 0.0769. The van der Waals surface area contributed by atoms with Crippen LogP contribution in [0.25, 0.3) is 5.69 Å². The van der Waals surface area contributed by atoms with Crippen LogP contribution in [0.2, 0.25) is 0 Å². The highest BCUT2D eigenvalue weighted by atomic mass is 16.5. The number of aromatic nitrogens is 1. The molecule has 3 aromatic carbocycles. The van der Waals surface area contributed by atoms with E-state index in [2.05, 4.69) is 29.6 Å². The largest absolute Gasteiger partial charge is 0.489 e. The van der Waals surface area contributed by atoms with Crippen molar-refractivity contribution in [2.24, 2.45) is 5.10 Å². The Hall–Kier alpha value is -4.12. The van der Waals surface area contributed by atoms with E-state index >= 15 is 0 Å². The van der Waals surface area contributed by atoms with Crippen molar-refractivity contribution in [1.82, 2.24) is 9.99 Å². The van der Waals surface area contributed by atoms with Crippen LogP contribution in [0.1, 0.15) is 27.0 Å². The first kappa shape index (κ1) is 20.2. The van der Waals surface area contributed by atoms with Crippen molar-refractivity contribution in [2.75, 3.05) is 0 Å². The second kappa shape index (κ2) is 9.59. The zero-order valence-electron chi connectivity index (χ0n) is 17.2. The SMILES string of the molecule is Cc1ccccc1COc1ccc(C=NNC(=O)c2ccc(-n3cccc3)cc2)cc1. The minimum Gasteiger partial charge on any atom is -0.489 e. The maximum Gasteiger partial charge on any atom is 0.271 e. The van der Waals surface area contributed by atoms with E-state index in [1.807, 2.05) is 77.6 Å². The molecule has 5 heteroatoms. The molecule has 1 N–H and O–H groups in total. The fourth-order valence-electron chi connectivity index (χ4n) is 3.10. The van der Waals surface area contributed by atoms with Gasteiger partial charge in [0, 0.05) is 23.6 Å². The van der Waals surface area contributed by atoms with E-state index in [-0.39, 0.29) is 5.91 Å². The van der Waals surface area contributed by atoms with Crippen molar-refractivity contribution in [3.8, 4) is 11.4 Å². The third kappa shape index (κ3) is 5.28. The van der Waals surface area contributed by atoms with Crippen LogP contribution in [0.4, 0.5) is 0 Å². The number of hydrazone groups is 1. The molecule has 0 fully saturated rings. The first-order valence-corrected chi connectivity index (χ1v) is 10.0. The molecule has 1 heterocycles. The van der Waals surface area contributed by atoms with Crippen LogP contribution < -0.4 is 10.2 Å². The Balaban J connectivity index is 1.29. The summed E-state index contributed by atoms with van der Waals surface area (Å²) in [5.74, 6) is 0.528. The highest BCUT2D eigenvalue weighted by Crippen LogP contribution is 2.15. The van der Waals surface area contributed by atoms with Crippen molar-refractivity contribution < 1.29 is 9.53 Å². The Labute approximate surface area is 181 Å². The summed E-state index contributed by atoms with van der Waals surface area (Å²) in [6, 6.07) is 27.0. The van der Waals surface area contributed by atoms with Gasteiger partial charge >= 0.3 is 0 Å². The molecule has 0 saturated heterocycles. The normalized spacial score (nSPS) is 10.9. The van der Waals surface area contributed by atoms with Crippen LogP contribution in [0, 0.1) is 6.92 Å². The molecular weight excluding hydrogens is 386 g/mol. The zero-order valence-corrected chi connectivity index (χ0v) is 17.2. The second-order valence-electron chi connectivity index (χ2n) is 7.12. The van der Waals surface area contributed by atoms with Crippen molar-refractivity contribution >= 4 is 12.1 Å².